The highest BCUT2D eigenvalue weighted by Crippen LogP contribution is 2.12. The molecule has 1 aromatic carbocycles. The van der Waals surface area contributed by atoms with E-state index >= 15 is 0 Å². The van der Waals surface area contributed by atoms with Crippen molar-refractivity contribution >= 4 is 29.1 Å². The minimum absolute atomic E-state index is 0.0283. The van der Waals surface area contributed by atoms with Crippen molar-refractivity contribution in [1.29, 1.82) is 0 Å². The summed E-state index contributed by atoms with van der Waals surface area (Å²) in [5.41, 5.74) is 5.68. The number of hydrogen-bond acceptors (Lipinski definition) is 6. The van der Waals surface area contributed by atoms with Crippen LogP contribution in [0.1, 0.15) is 27.6 Å². The zero-order chi connectivity index (χ0) is 19.5. The van der Waals surface area contributed by atoms with Crippen molar-refractivity contribution in [3.8, 4) is 5.75 Å². The molecule has 8 nitrogen and oxygen atoms in total. The van der Waals surface area contributed by atoms with E-state index in [4.69, 9.17) is 21.7 Å². The number of carbonyl (C=O) groups is 2. The van der Waals surface area contributed by atoms with Crippen LogP contribution in [0.4, 0.5) is 0 Å². The maximum Gasteiger partial charge on any atom is 0.269 e. The smallest absolute Gasteiger partial charge is 0.269 e. The number of benzene rings is 1. The van der Waals surface area contributed by atoms with Crippen LogP contribution in [0.25, 0.3) is 0 Å². The van der Waals surface area contributed by atoms with Crippen LogP contribution in [0.5, 0.6) is 5.75 Å². The van der Waals surface area contributed by atoms with Gasteiger partial charge in [-0.15, -0.1) is 0 Å². The fourth-order valence-electron chi connectivity index (χ4n) is 1.96. The lowest BCUT2D eigenvalue weighted by atomic mass is 10.2. The molecule has 0 saturated heterocycles. The molecule has 27 heavy (non-hydrogen) atoms. The van der Waals surface area contributed by atoms with Crippen LogP contribution in [-0.2, 0) is 4.74 Å². The summed E-state index contributed by atoms with van der Waals surface area (Å²) >= 11 is 5.00. The molecule has 0 aliphatic rings. The SMILES string of the molecule is CCOCCOc1ccc(C(=O)NC(=S)NNC(=O)c2ccncc2)cc1. The summed E-state index contributed by atoms with van der Waals surface area (Å²) in [7, 11) is 0. The Kier molecular flexibility index (Phi) is 8.14. The van der Waals surface area contributed by atoms with Gasteiger partial charge in [0.2, 0.25) is 0 Å². The molecular formula is C18H20N4O4S. The van der Waals surface area contributed by atoms with Crippen LogP contribution in [0.3, 0.4) is 0 Å². The van der Waals surface area contributed by atoms with E-state index in [1.54, 1.807) is 36.4 Å². The summed E-state index contributed by atoms with van der Waals surface area (Å²) in [5, 5.41) is 2.45. The Labute approximate surface area is 162 Å². The highest BCUT2D eigenvalue weighted by atomic mass is 32.1. The highest BCUT2D eigenvalue weighted by molar-refractivity contribution is 7.80. The number of thiocarbonyl (C=S) groups is 1. The van der Waals surface area contributed by atoms with Gasteiger partial charge in [-0.25, -0.2) is 0 Å². The first-order valence-electron chi connectivity index (χ1n) is 8.22. The number of hydrazine groups is 1. The average Bonchev–Trinajstić information content (AvgIpc) is 2.70. The third-order valence-corrected chi connectivity index (χ3v) is 3.48. The summed E-state index contributed by atoms with van der Waals surface area (Å²) in [5.74, 6) is -0.175. The van der Waals surface area contributed by atoms with Gasteiger partial charge in [0.05, 0.1) is 6.61 Å². The molecule has 1 aromatic heterocycles. The highest BCUT2D eigenvalue weighted by Gasteiger charge is 2.09. The monoisotopic (exact) mass is 388 g/mol. The molecule has 142 valence electrons. The van der Waals surface area contributed by atoms with E-state index in [2.05, 4.69) is 21.2 Å². The lowest BCUT2D eigenvalue weighted by molar-refractivity contribution is 0.0934. The number of nitrogens with zero attached hydrogens (tertiary/aromatic N) is 1. The summed E-state index contributed by atoms with van der Waals surface area (Å²) < 4.78 is 10.7. The zero-order valence-corrected chi connectivity index (χ0v) is 15.5. The lowest BCUT2D eigenvalue weighted by Crippen LogP contribution is -2.48. The van der Waals surface area contributed by atoms with Crippen molar-refractivity contribution in [3.63, 3.8) is 0 Å². The van der Waals surface area contributed by atoms with E-state index in [0.29, 0.717) is 36.7 Å². The molecule has 0 fully saturated rings. The first kappa shape index (κ1) is 20.3. The van der Waals surface area contributed by atoms with Crippen LogP contribution in [0.15, 0.2) is 48.8 Å². The Bertz CT molecular complexity index is 769. The van der Waals surface area contributed by atoms with Gasteiger partial charge in [-0.1, -0.05) is 0 Å². The second-order valence-corrected chi connectivity index (χ2v) is 5.58. The van der Waals surface area contributed by atoms with Gasteiger partial charge in [0.25, 0.3) is 11.8 Å². The number of pyridine rings is 1. The van der Waals surface area contributed by atoms with Gasteiger partial charge < -0.3 is 9.47 Å². The number of ether oxygens (including phenoxy) is 2. The van der Waals surface area contributed by atoms with E-state index in [1.165, 1.54) is 12.4 Å². The molecule has 0 aliphatic carbocycles. The van der Waals surface area contributed by atoms with E-state index in [-0.39, 0.29) is 5.11 Å². The Morgan fingerprint density at radius 3 is 2.30 bits per heavy atom. The molecule has 2 aromatic rings. The second-order valence-electron chi connectivity index (χ2n) is 5.17. The van der Waals surface area contributed by atoms with E-state index in [1.807, 2.05) is 6.92 Å². The van der Waals surface area contributed by atoms with Crippen molar-refractivity contribution in [2.24, 2.45) is 0 Å². The fourth-order valence-corrected chi connectivity index (χ4v) is 2.10. The Hall–Kier alpha value is -3.04. The van der Waals surface area contributed by atoms with Crippen LogP contribution in [-0.4, -0.2) is 41.7 Å². The lowest BCUT2D eigenvalue weighted by Gasteiger charge is -2.11. The predicted octanol–water partition coefficient (Wildman–Crippen LogP) is 1.45. The maximum absolute atomic E-state index is 12.2. The van der Waals surface area contributed by atoms with E-state index in [0.717, 1.165) is 0 Å². The summed E-state index contributed by atoms with van der Waals surface area (Å²) in [6, 6.07) is 9.70. The number of nitrogens with one attached hydrogen (secondary N) is 3. The third kappa shape index (κ3) is 7.00. The summed E-state index contributed by atoms with van der Waals surface area (Å²) in [6.45, 7) is 3.49. The Morgan fingerprint density at radius 1 is 0.963 bits per heavy atom. The molecule has 0 radical (unpaired) electrons. The summed E-state index contributed by atoms with van der Waals surface area (Å²) in [4.78, 5) is 27.9. The van der Waals surface area contributed by atoms with Gasteiger partial charge in [-0.3, -0.25) is 30.7 Å². The zero-order valence-electron chi connectivity index (χ0n) is 14.7. The van der Waals surface area contributed by atoms with Crippen molar-refractivity contribution in [2.45, 2.75) is 6.92 Å². The molecule has 0 unspecified atom stereocenters. The number of hydrogen-bond donors (Lipinski definition) is 3. The number of aromatic nitrogens is 1. The molecule has 2 amide bonds. The van der Waals surface area contributed by atoms with Gasteiger partial charge in [-0.05, 0) is 55.5 Å². The van der Waals surface area contributed by atoms with Gasteiger partial charge >= 0.3 is 0 Å². The molecule has 0 atom stereocenters. The number of carbonyl (C=O) groups excluding carboxylic acids is 2. The van der Waals surface area contributed by atoms with Crippen LogP contribution in [0, 0.1) is 0 Å². The predicted molar refractivity (Wildman–Crippen MR) is 103 cm³/mol. The first-order valence-corrected chi connectivity index (χ1v) is 8.63. The van der Waals surface area contributed by atoms with E-state index < -0.39 is 11.8 Å². The van der Waals surface area contributed by atoms with Crippen LogP contribution >= 0.6 is 12.2 Å². The molecule has 0 spiro atoms. The molecule has 0 saturated carbocycles. The average molecular weight is 388 g/mol. The first-order chi connectivity index (χ1) is 13.1. The Morgan fingerprint density at radius 2 is 1.63 bits per heavy atom. The molecule has 1 heterocycles. The maximum atomic E-state index is 12.2. The largest absolute Gasteiger partial charge is 0.491 e. The number of amides is 2. The molecule has 2 rings (SSSR count). The van der Waals surface area contributed by atoms with Crippen molar-refractivity contribution in [2.75, 3.05) is 19.8 Å². The van der Waals surface area contributed by atoms with Gasteiger partial charge in [-0.2, -0.15) is 0 Å². The van der Waals surface area contributed by atoms with Crippen LogP contribution < -0.4 is 20.9 Å². The van der Waals surface area contributed by atoms with Crippen molar-refractivity contribution in [1.82, 2.24) is 21.2 Å². The van der Waals surface area contributed by atoms with E-state index in [9.17, 15) is 9.59 Å². The molecule has 9 heteroatoms. The van der Waals surface area contributed by atoms with Gasteiger partial charge in [0.1, 0.15) is 12.4 Å². The number of rotatable bonds is 7. The van der Waals surface area contributed by atoms with Crippen molar-refractivity contribution in [3.05, 3.63) is 59.9 Å². The third-order valence-electron chi connectivity index (χ3n) is 3.28. The fraction of sp³-hybridized carbons (Fsp3) is 0.222. The quantitative estimate of drug-likeness (QED) is 0.375. The van der Waals surface area contributed by atoms with Gasteiger partial charge in [0.15, 0.2) is 5.11 Å². The Balaban J connectivity index is 1.77. The standard InChI is InChI=1S/C18H20N4O4S/c1-2-25-11-12-26-15-5-3-13(4-6-15)16(23)20-18(27)22-21-17(24)14-7-9-19-10-8-14/h3-10H,2,11-12H2,1H3,(H,21,24)(H2,20,22,23,27). The molecule has 0 bridgehead atoms. The van der Waals surface area contributed by atoms with Gasteiger partial charge in [0, 0.05) is 30.1 Å². The second kappa shape index (κ2) is 10.8. The topological polar surface area (TPSA) is 102 Å². The van der Waals surface area contributed by atoms with Crippen molar-refractivity contribution < 1.29 is 19.1 Å². The molecular weight excluding hydrogens is 368 g/mol. The normalized spacial score (nSPS) is 9.96. The summed E-state index contributed by atoms with van der Waals surface area (Å²) in [6.07, 6.45) is 3.00. The molecule has 3 N–H and O–H groups in total. The minimum atomic E-state index is -0.411. The minimum Gasteiger partial charge on any atom is -0.491 e. The molecule has 0 aliphatic heterocycles. The van der Waals surface area contributed by atoms with Crippen LogP contribution in [0.2, 0.25) is 0 Å².